The minimum atomic E-state index is -0.538. The zero-order valence-electron chi connectivity index (χ0n) is 16.0. The van der Waals surface area contributed by atoms with Gasteiger partial charge < -0.3 is 9.47 Å². The van der Waals surface area contributed by atoms with Crippen LogP contribution in [-0.2, 0) is 6.61 Å². The number of aromatic nitrogens is 1. The molecular formula is C20H15BrCl2N4O4. The van der Waals surface area contributed by atoms with Crippen LogP contribution in [0.15, 0.2) is 58.2 Å². The van der Waals surface area contributed by atoms with Crippen molar-refractivity contribution in [1.29, 1.82) is 0 Å². The summed E-state index contributed by atoms with van der Waals surface area (Å²) in [4.78, 5) is 14.4. The Hall–Kier alpha value is -2.88. The molecule has 0 spiro atoms. The number of anilines is 1. The van der Waals surface area contributed by atoms with Crippen molar-refractivity contribution in [1.82, 2.24) is 4.98 Å². The average molecular weight is 526 g/mol. The SMILES string of the molecule is COc1cc(/C=N\Nc2ncccc2[N+](=O)[O-])cc(Br)c1OCc1ccc(Cl)cc1Cl. The van der Waals surface area contributed by atoms with Gasteiger partial charge in [-0.1, -0.05) is 29.3 Å². The minimum Gasteiger partial charge on any atom is -0.493 e. The zero-order valence-corrected chi connectivity index (χ0v) is 19.1. The molecule has 8 nitrogen and oxygen atoms in total. The van der Waals surface area contributed by atoms with Crippen molar-refractivity contribution < 1.29 is 14.4 Å². The fourth-order valence-corrected chi connectivity index (χ4v) is 3.58. The maximum atomic E-state index is 11.0. The van der Waals surface area contributed by atoms with Crippen LogP contribution in [-0.4, -0.2) is 23.2 Å². The molecule has 0 bridgehead atoms. The fraction of sp³-hybridized carbons (Fsp3) is 0.100. The number of hydrogen-bond acceptors (Lipinski definition) is 7. The molecule has 0 fully saturated rings. The third kappa shape index (κ3) is 5.84. The van der Waals surface area contributed by atoms with E-state index in [1.165, 1.54) is 31.7 Å². The number of methoxy groups -OCH3 is 1. The third-order valence-corrected chi connectivity index (χ3v) is 5.18. The summed E-state index contributed by atoms with van der Waals surface area (Å²) in [5.74, 6) is 0.985. The van der Waals surface area contributed by atoms with Crippen LogP contribution in [0.2, 0.25) is 10.0 Å². The first-order valence-corrected chi connectivity index (χ1v) is 10.3. The van der Waals surface area contributed by atoms with Crippen molar-refractivity contribution in [3.63, 3.8) is 0 Å². The van der Waals surface area contributed by atoms with Crippen molar-refractivity contribution in [2.75, 3.05) is 12.5 Å². The van der Waals surface area contributed by atoms with E-state index < -0.39 is 4.92 Å². The van der Waals surface area contributed by atoms with E-state index >= 15 is 0 Å². The molecule has 0 radical (unpaired) electrons. The van der Waals surface area contributed by atoms with Gasteiger partial charge in [-0.05, 0) is 51.8 Å². The maximum absolute atomic E-state index is 11.0. The molecule has 0 aliphatic rings. The van der Waals surface area contributed by atoms with Gasteiger partial charge in [-0.25, -0.2) is 4.98 Å². The Labute approximate surface area is 196 Å². The average Bonchev–Trinajstić information content (AvgIpc) is 2.74. The summed E-state index contributed by atoms with van der Waals surface area (Å²) in [6.45, 7) is 0.212. The van der Waals surface area contributed by atoms with Crippen LogP contribution in [0.4, 0.5) is 11.5 Å². The van der Waals surface area contributed by atoms with Crippen LogP contribution < -0.4 is 14.9 Å². The topological polar surface area (TPSA) is 98.9 Å². The molecule has 0 saturated heterocycles. The van der Waals surface area contributed by atoms with Gasteiger partial charge in [-0.15, -0.1) is 0 Å². The lowest BCUT2D eigenvalue weighted by atomic mass is 10.2. The zero-order chi connectivity index (χ0) is 22.4. The van der Waals surface area contributed by atoms with E-state index in [-0.39, 0.29) is 18.1 Å². The molecule has 0 aliphatic heterocycles. The summed E-state index contributed by atoms with van der Waals surface area (Å²) in [7, 11) is 1.51. The van der Waals surface area contributed by atoms with Gasteiger partial charge in [0, 0.05) is 27.9 Å². The predicted octanol–water partition coefficient (Wildman–Crippen LogP) is 6.09. The molecule has 0 aliphatic carbocycles. The minimum absolute atomic E-state index is 0.0366. The Balaban J connectivity index is 1.76. The monoisotopic (exact) mass is 524 g/mol. The van der Waals surface area contributed by atoms with Crippen LogP contribution in [0.3, 0.4) is 0 Å². The number of nitrogens with one attached hydrogen (secondary N) is 1. The van der Waals surface area contributed by atoms with E-state index in [9.17, 15) is 10.1 Å². The molecule has 0 saturated carbocycles. The molecule has 0 atom stereocenters. The number of rotatable bonds is 8. The summed E-state index contributed by atoms with van der Waals surface area (Å²) in [6.07, 6.45) is 2.91. The van der Waals surface area contributed by atoms with E-state index in [0.717, 1.165) is 5.56 Å². The lowest BCUT2D eigenvalue weighted by Crippen LogP contribution is -2.01. The lowest BCUT2D eigenvalue weighted by Gasteiger charge is -2.14. The van der Waals surface area contributed by atoms with Crippen molar-refractivity contribution in [2.45, 2.75) is 6.61 Å². The normalized spacial score (nSPS) is 10.8. The highest BCUT2D eigenvalue weighted by Crippen LogP contribution is 2.37. The molecule has 0 unspecified atom stereocenters. The van der Waals surface area contributed by atoms with Gasteiger partial charge in [0.1, 0.15) is 6.61 Å². The van der Waals surface area contributed by atoms with Gasteiger partial charge in [-0.2, -0.15) is 5.10 Å². The molecule has 0 amide bonds. The van der Waals surface area contributed by atoms with E-state index in [2.05, 4.69) is 31.4 Å². The Morgan fingerprint density at radius 1 is 1.29 bits per heavy atom. The number of nitro groups is 1. The van der Waals surface area contributed by atoms with Crippen molar-refractivity contribution in [2.24, 2.45) is 5.10 Å². The summed E-state index contributed by atoms with van der Waals surface area (Å²) >= 11 is 15.6. The molecular weight excluding hydrogens is 511 g/mol. The first kappa shape index (κ1) is 22.8. The number of hydrogen-bond donors (Lipinski definition) is 1. The van der Waals surface area contributed by atoms with Gasteiger partial charge in [0.2, 0.25) is 5.82 Å². The maximum Gasteiger partial charge on any atom is 0.313 e. The number of nitrogens with zero attached hydrogens (tertiary/aromatic N) is 3. The van der Waals surface area contributed by atoms with Gasteiger partial charge >= 0.3 is 5.69 Å². The summed E-state index contributed by atoms with van der Waals surface area (Å²) in [5, 5.41) is 16.1. The third-order valence-electron chi connectivity index (χ3n) is 4.01. The van der Waals surface area contributed by atoms with Crippen LogP contribution in [0.25, 0.3) is 0 Å². The molecule has 3 rings (SSSR count). The lowest BCUT2D eigenvalue weighted by molar-refractivity contribution is -0.384. The van der Waals surface area contributed by atoms with E-state index in [0.29, 0.717) is 31.6 Å². The summed E-state index contributed by atoms with van der Waals surface area (Å²) in [6, 6.07) is 11.5. The second kappa shape index (κ2) is 10.4. The summed E-state index contributed by atoms with van der Waals surface area (Å²) < 4.78 is 11.9. The smallest absolute Gasteiger partial charge is 0.313 e. The number of halogens is 3. The number of benzene rings is 2. The van der Waals surface area contributed by atoms with Crippen molar-refractivity contribution >= 4 is 56.9 Å². The molecule has 31 heavy (non-hydrogen) atoms. The number of hydrazone groups is 1. The Kier molecular flexibility index (Phi) is 7.67. The van der Waals surface area contributed by atoms with Crippen LogP contribution in [0.5, 0.6) is 11.5 Å². The van der Waals surface area contributed by atoms with Gasteiger partial charge in [-0.3, -0.25) is 15.5 Å². The standard InChI is InChI=1S/C20H15BrCl2N4O4/c1-30-18-8-12(10-25-26-20-17(27(28)29)3-2-6-24-20)7-15(21)19(18)31-11-13-4-5-14(22)9-16(13)23/h2-10H,11H2,1H3,(H,24,26)/b25-10-. The Bertz CT molecular complexity index is 1140. The quantitative estimate of drug-likeness (QED) is 0.217. The largest absolute Gasteiger partial charge is 0.493 e. The second-order valence-electron chi connectivity index (χ2n) is 6.06. The van der Waals surface area contributed by atoms with Gasteiger partial charge in [0.05, 0.1) is 22.7 Å². The van der Waals surface area contributed by atoms with E-state index in [1.54, 1.807) is 30.3 Å². The highest BCUT2D eigenvalue weighted by atomic mass is 79.9. The van der Waals surface area contributed by atoms with Crippen molar-refractivity contribution in [3.8, 4) is 11.5 Å². The molecule has 2 aromatic carbocycles. The highest BCUT2D eigenvalue weighted by molar-refractivity contribution is 9.10. The molecule has 3 aromatic rings. The van der Waals surface area contributed by atoms with Crippen LogP contribution in [0, 0.1) is 10.1 Å². The summed E-state index contributed by atoms with van der Waals surface area (Å²) in [5.41, 5.74) is 3.83. The van der Waals surface area contributed by atoms with Gasteiger partial charge in [0.15, 0.2) is 11.5 Å². The highest BCUT2D eigenvalue weighted by Gasteiger charge is 2.14. The first-order chi connectivity index (χ1) is 14.9. The number of pyridine rings is 1. The predicted molar refractivity (Wildman–Crippen MR) is 124 cm³/mol. The van der Waals surface area contributed by atoms with Crippen LogP contribution >= 0.6 is 39.1 Å². The Morgan fingerprint density at radius 2 is 2.10 bits per heavy atom. The molecule has 160 valence electrons. The fourth-order valence-electron chi connectivity index (χ4n) is 2.54. The van der Waals surface area contributed by atoms with Gasteiger partial charge in [0.25, 0.3) is 0 Å². The second-order valence-corrected chi connectivity index (χ2v) is 7.75. The molecule has 11 heteroatoms. The van der Waals surface area contributed by atoms with Crippen molar-refractivity contribution in [3.05, 3.63) is 84.4 Å². The first-order valence-electron chi connectivity index (χ1n) is 8.71. The van der Waals surface area contributed by atoms with Crippen LogP contribution in [0.1, 0.15) is 11.1 Å². The molecule has 1 N–H and O–H groups in total. The van der Waals surface area contributed by atoms with E-state index in [1.807, 2.05) is 0 Å². The molecule has 1 heterocycles. The van der Waals surface area contributed by atoms with E-state index in [4.69, 9.17) is 32.7 Å². The Morgan fingerprint density at radius 3 is 2.81 bits per heavy atom. The molecule has 1 aromatic heterocycles. The number of ether oxygens (including phenoxy) is 2.